The van der Waals surface area contributed by atoms with E-state index in [0.717, 1.165) is 18.4 Å². The Bertz CT molecular complexity index is 402. The van der Waals surface area contributed by atoms with Gasteiger partial charge >= 0.3 is 5.97 Å². The molecule has 1 saturated carbocycles. The van der Waals surface area contributed by atoms with E-state index >= 15 is 0 Å². The largest absolute Gasteiger partial charge is 0.481 e. The summed E-state index contributed by atoms with van der Waals surface area (Å²) in [5.41, 5.74) is 1.06. The summed E-state index contributed by atoms with van der Waals surface area (Å²) in [7, 11) is 0. The van der Waals surface area contributed by atoms with E-state index in [0.29, 0.717) is 5.92 Å². The number of aliphatic carboxylic acids is 1. The van der Waals surface area contributed by atoms with E-state index in [1.165, 1.54) is 29.0 Å². The van der Waals surface area contributed by atoms with Gasteiger partial charge in [-0.1, -0.05) is 19.3 Å². The summed E-state index contributed by atoms with van der Waals surface area (Å²) in [5, 5.41) is 9.52. The lowest BCUT2D eigenvalue weighted by atomic mass is 9.77. The van der Waals surface area contributed by atoms with Crippen LogP contribution in [0.4, 0.5) is 0 Å². The second-order valence-electron chi connectivity index (χ2n) is 5.08. The van der Waals surface area contributed by atoms with E-state index in [1.54, 1.807) is 11.3 Å². The van der Waals surface area contributed by atoms with Gasteiger partial charge in [-0.25, -0.2) is 0 Å². The molecule has 0 aromatic carbocycles. The van der Waals surface area contributed by atoms with E-state index in [-0.39, 0.29) is 5.92 Å². The van der Waals surface area contributed by atoms with Gasteiger partial charge in [-0.15, -0.1) is 11.3 Å². The molecule has 1 fully saturated rings. The quantitative estimate of drug-likeness (QED) is 0.878. The highest BCUT2D eigenvalue weighted by Gasteiger charge is 2.32. The highest BCUT2D eigenvalue weighted by atomic mass is 32.1. The van der Waals surface area contributed by atoms with Crippen LogP contribution < -0.4 is 0 Å². The van der Waals surface area contributed by atoms with Gasteiger partial charge in [0.25, 0.3) is 0 Å². The molecule has 0 saturated heterocycles. The van der Waals surface area contributed by atoms with E-state index in [1.807, 2.05) is 6.92 Å². The Kier molecular flexibility index (Phi) is 3.87. The molecule has 0 radical (unpaired) electrons. The SMILES string of the molecule is Cc1cc(C(C(=O)O)C2CCCCC2)c(C)s1. The Balaban J connectivity index is 2.28. The van der Waals surface area contributed by atoms with Crippen molar-refractivity contribution in [2.24, 2.45) is 5.92 Å². The van der Waals surface area contributed by atoms with Crippen LogP contribution in [-0.2, 0) is 4.79 Å². The molecule has 94 valence electrons. The molecule has 0 spiro atoms. The van der Waals surface area contributed by atoms with Crippen molar-refractivity contribution in [1.82, 2.24) is 0 Å². The van der Waals surface area contributed by atoms with Crippen molar-refractivity contribution >= 4 is 17.3 Å². The molecule has 17 heavy (non-hydrogen) atoms. The van der Waals surface area contributed by atoms with E-state index in [4.69, 9.17) is 0 Å². The topological polar surface area (TPSA) is 37.3 Å². The normalized spacial score (nSPS) is 19.2. The van der Waals surface area contributed by atoms with Gasteiger partial charge in [-0.05, 0) is 44.2 Å². The molecule has 1 heterocycles. The Hall–Kier alpha value is -0.830. The number of carboxylic acid groups (broad SMARTS) is 1. The molecule has 1 N–H and O–H groups in total. The average molecular weight is 252 g/mol. The highest BCUT2D eigenvalue weighted by Crippen LogP contribution is 2.39. The standard InChI is InChI=1S/C14H20O2S/c1-9-8-12(10(2)17-9)13(14(15)16)11-6-4-3-5-7-11/h8,11,13H,3-7H2,1-2H3,(H,15,16). The highest BCUT2D eigenvalue weighted by molar-refractivity contribution is 7.12. The molecule has 1 atom stereocenters. The van der Waals surface area contributed by atoms with Crippen molar-refractivity contribution in [3.8, 4) is 0 Å². The smallest absolute Gasteiger partial charge is 0.311 e. The van der Waals surface area contributed by atoms with Crippen LogP contribution in [0, 0.1) is 19.8 Å². The number of carboxylic acids is 1. The molecule has 0 bridgehead atoms. The third-order valence-corrected chi connectivity index (χ3v) is 4.78. The maximum absolute atomic E-state index is 11.6. The number of thiophene rings is 1. The molecular formula is C14H20O2S. The zero-order valence-corrected chi connectivity index (χ0v) is 11.3. The molecule has 0 amide bonds. The molecule has 2 nitrogen and oxygen atoms in total. The number of hydrogen-bond acceptors (Lipinski definition) is 2. The lowest BCUT2D eigenvalue weighted by Gasteiger charge is -2.27. The van der Waals surface area contributed by atoms with Crippen LogP contribution in [0.3, 0.4) is 0 Å². The first-order chi connectivity index (χ1) is 8.09. The van der Waals surface area contributed by atoms with Crippen LogP contribution in [0.1, 0.15) is 53.3 Å². The van der Waals surface area contributed by atoms with Crippen molar-refractivity contribution in [3.63, 3.8) is 0 Å². The summed E-state index contributed by atoms with van der Waals surface area (Å²) in [6.07, 6.45) is 5.80. The van der Waals surface area contributed by atoms with E-state index in [2.05, 4.69) is 13.0 Å². The molecule has 1 aromatic heterocycles. The Morgan fingerprint density at radius 2 is 2.00 bits per heavy atom. The van der Waals surface area contributed by atoms with Crippen LogP contribution in [0.5, 0.6) is 0 Å². The Morgan fingerprint density at radius 3 is 2.47 bits per heavy atom. The minimum Gasteiger partial charge on any atom is -0.481 e. The van der Waals surface area contributed by atoms with Crippen LogP contribution in [0.25, 0.3) is 0 Å². The van der Waals surface area contributed by atoms with Gasteiger partial charge in [0.05, 0.1) is 5.92 Å². The van der Waals surface area contributed by atoms with Gasteiger partial charge in [0, 0.05) is 9.75 Å². The summed E-state index contributed by atoms with van der Waals surface area (Å²) in [4.78, 5) is 14.0. The van der Waals surface area contributed by atoms with Gasteiger partial charge in [-0.3, -0.25) is 4.79 Å². The van der Waals surface area contributed by atoms with Crippen LogP contribution >= 0.6 is 11.3 Å². The average Bonchev–Trinajstić information content (AvgIpc) is 2.59. The predicted octanol–water partition coefficient (Wildman–Crippen LogP) is 4.11. The fraction of sp³-hybridized carbons (Fsp3) is 0.643. The Morgan fingerprint density at radius 1 is 1.35 bits per heavy atom. The van der Waals surface area contributed by atoms with Crippen molar-refractivity contribution in [2.75, 3.05) is 0 Å². The van der Waals surface area contributed by atoms with Crippen LogP contribution in [0.15, 0.2) is 6.07 Å². The predicted molar refractivity (Wildman–Crippen MR) is 70.7 cm³/mol. The molecule has 1 unspecified atom stereocenters. The fourth-order valence-electron chi connectivity index (χ4n) is 3.02. The van der Waals surface area contributed by atoms with Crippen molar-refractivity contribution < 1.29 is 9.90 Å². The second kappa shape index (κ2) is 5.21. The number of carbonyl (C=O) groups is 1. The van der Waals surface area contributed by atoms with Crippen molar-refractivity contribution in [3.05, 3.63) is 21.4 Å². The van der Waals surface area contributed by atoms with Crippen molar-refractivity contribution in [2.45, 2.75) is 51.9 Å². The van der Waals surface area contributed by atoms with Gasteiger partial charge < -0.3 is 5.11 Å². The Labute approximate surface area is 107 Å². The lowest BCUT2D eigenvalue weighted by molar-refractivity contribution is -0.140. The first-order valence-corrected chi connectivity index (χ1v) is 7.21. The third kappa shape index (κ3) is 2.71. The van der Waals surface area contributed by atoms with Crippen LogP contribution in [0.2, 0.25) is 0 Å². The first kappa shape index (κ1) is 12.6. The first-order valence-electron chi connectivity index (χ1n) is 6.39. The molecule has 1 aromatic rings. The summed E-state index contributed by atoms with van der Waals surface area (Å²) in [5.74, 6) is -0.577. The minimum atomic E-state index is -0.641. The second-order valence-corrected chi connectivity index (χ2v) is 6.54. The zero-order chi connectivity index (χ0) is 12.4. The maximum atomic E-state index is 11.6. The fourth-order valence-corrected chi connectivity index (χ4v) is 3.99. The molecule has 2 rings (SSSR count). The maximum Gasteiger partial charge on any atom is 0.311 e. The monoisotopic (exact) mass is 252 g/mol. The van der Waals surface area contributed by atoms with Crippen LogP contribution in [-0.4, -0.2) is 11.1 Å². The van der Waals surface area contributed by atoms with E-state index < -0.39 is 5.97 Å². The van der Waals surface area contributed by atoms with E-state index in [9.17, 15) is 9.90 Å². The summed E-state index contributed by atoms with van der Waals surface area (Å²) in [6, 6.07) is 2.08. The number of rotatable bonds is 3. The molecule has 1 aliphatic rings. The molecular weight excluding hydrogens is 232 g/mol. The zero-order valence-electron chi connectivity index (χ0n) is 10.5. The molecule has 0 aliphatic heterocycles. The summed E-state index contributed by atoms with van der Waals surface area (Å²) >= 11 is 1.72. The van der Waals surface area contributed by atoms with Gasteiger partial charge in [-0.2, -0.15) is 0 Å². The summed E-state index contributed by atoms with van der Waals surface area (Å²) < 4.78 is 0. The third-order valence-electron chi connectivity index (χ3n) is 3.80. The summed E-state index contributed by atoms with van der Waals surface area (Å²) in [6.45, 7) is 4.10. The minimum absolute atomic E-state index is 0.278. The lowest BCUT2D eigenvalue weighted by Crippen LogP contribution is -2.23. The van der Waals surface area contributed by atoms with Crippen molar-refractivity contribution in [1.29, 1.82) is 0 Å². The van der Waals surface area contributed by atoms with Gasteiger partial charge in [0.1, 0.15) is 0 Å². The van der Waals surface area contributed by atoms with Gasteiger partial charge in [0.15, 0.2) is 0 Å². The number of hydrogen-bond donors (Lipinski definition) is 1. The molecule has 3 heteroatoms. The van der Waals surface area contributed by atoms with Gasteiger partial charge in [0.2, 0.25) is 0 Å². The molecule has 1 aliphatic carbocycles. The number of aryl methyl sites for hydroxylation is 2.